The molecule has 1 aromatic heterocycles. The van der Waals surface area contributed by atoms with Gasteiger partial charge in [0.1, 0.15) is 6.04 Å². The zero-order valence-electron chi connectivity index (χ0n) is 12.0. The van der Waals surface area contributed by atoms with Gasteiger partial charge in [-0.3, -0.25) is 14.3 Å². The van der Waals surface area contributed by atoms with E-state index in [1.807, 2.05) is 26.1 Å². The monoisotopic (exact) mass is 296 g/mol. The molecule has 2 heterocycles. The van der Waals surface area contributed by atoms with Crippen LogP contribution in [-0.4, -0.2) is 56.6 Å². The number of nitrogens with one attached hydrogen (secondary N) is 1. The molecule has 0 aromatic carbocycles. The van der Waals surface area contributed by atoms with Gasteiger partial charge in [0.05, 0.1) is 11.3 Å². The number of aromatic nitrogens is 2. The molecule has 1 saturated heterocycles. The van der Waals surface area contributed by atoms with Crippen LogP contribution in [0.4, 0.5) is 0 Å². The van der Waals surface area contributed by atoms with Gasteiger partial charge in [0.25, 0.3) is 0 Å². The smallest absolute Gasteiger partial charge is 0.245 e. The van der Waals surface area contributed by atoms with Gasteiger partial charge in [-0.15, -0.1) is 11.8 Å². The Morgan fingerprint density at radius 1 is 1.65 bits per heavy atom. The lowest BCUT2D eigenvalue weighted by molar-refractivity contribution is -0.135. The first-order valence-electron chi connectivity index (χ1n) is 6.57. The summed E-state index contributed by atoms with van der Waals surface area (Å²) in [4.78, 5) is 25.8. The fraction of sp³-hybridized carbons (Fsp3) is 0.615. The molecule has 2 amide bonds. The third kappa shape index (κ3) is 3.33. The summed E-state index contributed by atoms with van der Waals surface area (Å²) in [6, 6.07) is 1.42. The maximum atomic E-state index is 12.3. The molecule has 0 radical (unpaired) electrons. The molecule has 0 spiro atoms. The maximum Gasteiger partial charge on any atom is 0.245 e. The van der Waals surface area contributed by atoms with Crippen LogP contribution in [0.2, 0.25) is 0 Å². The van der Waals surface area contributed by atoms with Gasteiger partial charge in [0.15, 0.2) is 0 Å². The first-order valence-corrected chi connectivity index (χ1v) is 7.56. The number of hydrogen-bond donors (Lipinski definition) is 1. The quantitative estimate of drug-likeness (QED) is 0.871. The lowest BCUT2D eigenvalue weighted by atomic mass is 10.1. The van der Waals surface area contributed by atoms with Crippen molar-refractivity contribution in [1.82, 2.24) is 20.0 Å². The minimum atomic E-state index is -0.454. The Hall–Kier alpha value is -1.50. The number of rotatable bonds is 4. The summed E-state index contributed by atoms with van der Waals surface area (Å²) in [5.74, 6) is 0.491. The number of nitrogens with zero attached hydrogens (tertiary/aromatic N) is 3. The molecule has 6 nitrogen and oxygen atoms in total. The molecule has 1 fully saturated rings. The molecule has 0 saturated carbocycles. The summed E-state index contributed by atoms with van der Waals surface area (Å²) in [6.45, 7) is 4.96. The molecule has 0 aliphatic carbocycles. The Labute approximate surface area is 122 Å². The van der Waals surface area contributed by atoms with Gasteiger partial charge in [-0.2, -0.15) is 5.10 Å². The molecule has 110 valence electrons. The van der Waals surface area contributed by atoms with Gasteiger partial charge in [-0.1, -0.05) is 0 Å². The van der Waals surface area contributed by atoms with E-state index in [-0.39, 0.29) is 11.8 Å². The van der Waals surface area contributed by atoms with E-state index >= 15 is 0 Å². The second-order valence-corrected chi connectivity index (χ2v) is 7.02. The summed E-state index contributed by atoms with van der Waals surface area (Å²) < 4.78 is 1.32. The van der Waals surface area contributed by atoms with E-state index in [2.05, 4.69) is 10.4 Å². The van der Waals surface area contributed by atoms with E-state index in [0.717, 1.165) is 0 Å². The SMILES string of the molecule is CN(CCn1cccn1)C(=O)[C@@H]1CSC(C)(C)C(=O)N1. The van der Waals surface area contributed by atoms with Crippen LogP contribution in [0.5, 0.6) is 0 Å². The van der Waals surface area contributed by atoms with Crippen LogP contribution >= 0.6 is 11.8 Å². The van der Waals surface area contributed by atoms with Crippen molar-refractivity contribution in [1.29, 1.82) is 0 Å². The summed E-state index contributed by atoms with van der Waals surface area (Å²) in [5, 5.41) is 6.90. The third-order valence-electron chi connectivity index (χ3n) is 3.36. The van der Waals surface area contributed by atoms with E-state index in [4.69, 9.17) is 0 Å². The molecular weight excluding hydrogens is 276 g/mol. The van der Waals surface area contributed by atoms with E-state index in [9.17, 15) is 9.59 Å². The Bertz CT molecular complexity index is 487. The van der Waals surface area contributed by atoms with Crippen molar-refractivity contribution in [2.75, 3.05) is 19.3 Å². The van der Waals surface area contributed by atoms with Crippen molar-refractivity contribution in [3.8, 4) is 0 Å². The van der Waals surface area contributed by atoms with Crippen molar-refractivity contribution in [3.63, 3.8) is 0 Å². The van der Waals surface area contributed by atoms with Gasteiger partial charge in [-0.05, 0) is 19.9 Å². The van der Waals surface area contributed by atoms with Crippen molar-refractivity contribution < 1.29 is 9.59 Å². The third-order valence-corrected chi connectivity index (χ3v) is 4.77. The van der Waals surface area contributed by atoms with Crippen LogP contribution in [0.1, 0.15) is 13.8 Å². The second kappa shape index (κ2) is 5.87. The van der Waals surface area contributed by atoms with Crippen LogP contribution in [0, 0.1) is 0 Å². The van der Waals surface area contributed by atoms with Gasteiger partial charge in [-0.25, -0.2) is 0 Å². The average Bonchev–Trinajstić information content (AvgIpc) is 2.91. The normalized spacial score (nSPS) is 21.4. The van der Waals surface area contributed by atoms with Crippen molar-refractivity contribution in [3.05, 3.63) is 18.5 Å². The molecule has 1 aliphatic heterocycles. The van der Waals surface area contributed by atoms with Gasteiger partial charge in [0.2, 0.25) is 11.8 Å². The average molecular weight is 296 g/mol. The minimum Gasteiger partial charge on any atom is -0.342 e. The molecular formula is C13H20N4O2S. The summed E-state index contributed by atoms with van der Waals surface area (Å²) in [7, 11) is 1.75. The van der Waals surface area contributed by atoms with Crippen LogP contribution in [0.15, 0.2) is 18.5 Å². The number of hydrogen-bond acceptors (Lipinski definition) is 4. The first kappa shape index (κ1) is 14.9. The van der Waals surface area contributed by atoms with Gasteiger partial charge in [0, 0.05) is 31.7 Å². The number of carbonyl (C=O) groups is 2. The Morgan fingerprint density at radius 2 is 2.40 bits per heavy atom. The predicted octanol–water partition coefficient (Wildman–Crippen LogP) is 0.352. The van der Waals surface area contributed by atoms with E-state index in [1.54, 1.807) is 22.8 Å². The molecule has 1 N–H and O–H groups in total. The molecule has 20 heavy (non-hydrogen) atoms. The Morgan fingerprint density at radius 3 is 3.00 bits per heavy atom. The van der Waals surface area contributed by atoms with Crippen molar-refractivity contribution in [2.24, 2.45) is 0 Å². The largest absolute Gasteiger partial charge is 0.342 e. The van der Waals surface area contributed by atoms with Crippen LogP contribution in [0.3, 0.4) is 0 Å². The molecule has 0 unspecified atom stereocenters. The van der Waals surface area contributed by atoms with Gasteiger partial charge < -0.3 is 10.2 Å². The fourth-order valence-electron chi connectivity index (χ4n) is 1.93. The summed E-state index contributed by atoms with van der Waals surface area (Å²) in [5.41, 5.74) is 0. The second-order valence-electron chi connectivity index (χ2n) is 5.38. The topological polar surface area (TPSA) is 67.2 Å². The highest BCUT2D eigenvalue weighted by atomic mass is 32.2. The van der Waals surface area contributed by atoms with Gasteiger partial charge >= 0.3 is 0 Å². The Kier molecular flexibility index (Phi) is 4.37. The van der Waals surface area contributed by atoms with Crippen molar-refractivity contribution in [2.45, 2.75) is 31.2 Å². The molecule has 2 rings (SSSR count). The predicted molar refractivity (Wildman–Crippen MR) is 78.3 cm³/mol. The molecule has 1 atom stereocenters. The van der Waals surface area contributed by atoms with Crippen LogP contribution in [-0.2, 0) is 16.1 Å². The highest BCUT2D eigenvalue weighted by molar-refractivity contribution is 8.01. The number of thioether (sulfide) groups is 1. The minimum absolute atomic E-state index is 0.0477. The van der Waals surface area contributed by atoms with Crippen LogP contribution in [0.25, 0.3) is 0 Å². The van der Waals surface area contributed by atoms with E-state index in [1.165, 1.54) is 11.8 Å². The first-order chi connectivity index (χ1) is 9.40. The number of amides is 2. The molecule has 7 heteroatoms. The summed E-state index contributed by atoms with van der Waals surface area (Å²) in [6.07, 6.45) is 3.57. The highest BCUT2D eigenvalue weighted by Crippen LogP contribution is 2.29. The lowest BCUT2D eigenvalue weighted by Gasteiger charge is -2.34. The zero-order valence-corrected chi connectivity index (χ0v) is 12.8. The van der Waals surface area contributed by atoms with E-state index < -0.39 is 10.8 Å². The summed E-state index contributed by atoms with van der Waals surface area (Å²) >= 11 is 1.52. The Balaban J connectivity index is 1.86. The van der Waals surface area contributed by atoms with Crippen LogP contribution < -0.4 is 5.32 Å². The molecule has 1 aliphatic rings. The zero-order chi connectivity index (χ0) is 14.8. The number of carbonyl (C=O) groups excluding carboxylic acids is 2. The maximum absolute atomic E-state index is 12.3. The molecule has 1 aromatic rings. The highest BCUT2D eigenvalue weighted by Gasteiger charge is 2.38. The standard InChI is InChI=1S/C13H20N4O2S/c1-13(2)12(19)15-10(9-20-13)11(18)16(3)7-8-17-6-4-5-14-17/h4-6,10H,7-9H2,1-3H3,(H,15,19)/t10-/m0/s1. The number of likely N-dealkylation sites (N-methyl/N-ethyl adjacent to an activating group) is 1. The molecule has 0 bridgehead atoms. The fourth-order valence-corrected chi connectivity index (χ4v) is 2.92. The van der Waals surface area contributed by atoms with Crippen molar-refractivity contribution >= 4 is 23.6 Å². The lowest BCUT2D eigenvalue weighted by Crippen LogP contribution is -2.57. The van der Waals surface area contributed by atoms with E-state index in [0.29, 0.717) is 18.8 Å².